The maximum absolute atomic E-state index is 11.9. The Morgan fingerprint density at radius 2 is 2.24 bits per heavy atom. The third-order valence-corrected chi connectivity index (χ3v) is 4.02. The lowest BCUT2D eigenvalue weighted by Gasteiger charge is -2.37. The standard InChI is InChI=1S/C16H25N3O2/c1-4-21-16(20)14-10-12(7-8-15(14)17)19-9-5-6-13(11-19)18(2)3/h7-8,10,13H,4-6,9,11,17H2,1-3H3. The summed E-state index contributed by atoms with van der Waals surface area (Å²) >= 11 is 0. The van der Waals surface area contributed by atoms with Crippen LogP contribution in [0.4, 0.5) is 11.4 Å². The van der Waals surface area contributed by atoms with E-state index >= 15 is 0 Å². The Labute approximate surface area is 126 Å². The number of benzene rings is 1. The first-order valence-corrected chi connectivity index (χ1v) is 7.51. The third-order valence-electron chi connectivity index (χ3n) is 4.02. The zero-order valence-electron chi connectivity index (χ0n) is 13.1. The number of carbonyl (C=O) groups excluding carboxylic acids is 1. The fraction of sp³-hybridized carbons (Fsp3) is 0.562. The molecule has 1 fully saturated rings. The highest BCUT2D eigenvalue weighted by molar-refractivity contribution is 5.96. The molecule has 2 N–H and O–H groups in total. The number of nitrogen functional groups attached to an aromatic ring is 1. The van der Waals surface area contributed by atoms with Crippen LogP contribution in [0.25, 0.3) is 0 Å². The molecule has 0 aliphatic carbocycles. The molecule has 116 valence electrons. The second-order valence-corrected chi connectivity index (χ2v) is 5.70. The zero-order valence-corrected chi connectivity index (χ0v) is 13.1. The quantitative estimate of drug-likeness (QED) is 0.679. The number of nitrogens with two attached hydrogens (primary N) is 1. The Balaban J connectivity index is 2.20. The van der Waals surface area contributed by atoms with Crippen LogP contribution in [0.3, 0.4) is 0 Å². The summed E-state index contributed by atoms with van der Waals surface area (Å²) in [5.41, 5.74) is 7.87. The Morgan fingerprint density at radius 3 is 2.90 bits per heavy atom. The number of nitrogens with zero attached hydrogens (tertiary/aromatic N) is 2. The van der Waals surface area contributed by atoms with E-state index in [9.17, 15) is 4.79 Å². The van der Waals surface area contributed by atoms with Crippen LogP contribution in [0, 0.1) is 0 Å². The van der Waals surface area contributed by atoms with Crippen LogP contribution >= 0.6 is 0 Å². The van der Waals surface area contributed by atoms with Gasteiger partial charge in [0.15, 0.2) is 0 Å². The highest BCUT2D eigenvalue weighted by Gasteiger charge is 2.22. The lowest BCUT2D eigenvalue weighted by molar-refractivity contribution is 0.0527. The third kappa shape index (κ3) is 3.67. The van der Waals surface area contributed by atoms with Crippen LogP contribution in [0.15, 0.2) is 18.2 Å². The van der Waals surface area contributed by atoms with Gasteiger partial charge in [0.1, 0.15) is 0 Å². The Bertz CT molecular complexity index is 502. The van der Waals surface area contributed by atoms with E-state index in [0.29, 0.717) is 23.9 Å². The van der Waals surface area contributed by atoms with Crippen molar-refractivity contribution in [3.63, 3.8) is 0 Å². The molecule has 1 unspecified atom stereocenters. The van der Waals surface area contributed by atoms with E-state index in [2.05, 4.69) is 23.9 Å². The van der Waals surface area contributed by atoms with E-state index in [0.717, 1.165) is 25.2 Å². The number of likely N-dealkylation sites (N-methyl/N-ethyl adjacent to an activating group) is 1. The van der Waals surface area contributed by atoms with Crippen molar-refractivity contribution >= 4 is 17.3 Å². The van der Waals surface area contributed by atoms with E-state index in [1.165, 1.54) is 6.42 Å². The number of esters is 1. The fourth-order valence-electron chi connectivity index (χ4n) is 2.74. The largest absolute Gasteiger partial charge is 0.462 e. The van der Waals surface area contributed by atoms with E-state index in [1.807, 2.05) is 12.1 Å². The first kappa shape index (κ1) is 15.6. The highest BCUT2D eigenvalue weighted by atomic mass is 16.5. The minimum Gasteiger partial charge on any atom is -0.462 e. The van der Waals surface area contributed by atoms with Crippen molar-refractivity contribution in [1.29, 1.82) is 0 Å². The lowest BCUT2D eigenvalue weighted by atomic mass is 10.0. The molecule has 0 saturated carbocycles. The van der Waals surface area contributed by atoms with Gasteiger partial charge in [0.2, 0.25) is 0 Å². The van der Waals surface area contributed by atoms with Gasteiger partial charge < -0.3 is 20.3 Å². The number of ether oxygens (including phenoxy) is 1. The molecule has 5 nitrogen and oxygen atoms in total. The molecule has 0 radical (unpaired) electrons. The summed E-state index contributed by atoms with van der Waals surface area (Å²) in [4.78, 5) is 16.5. The van der Waals surface area contributed by atoms with Crippen molar-refractivity contribution < 1.29 is 9.53 Å². The van der Waals surface area contributed by atoms with Crippen molar-refractivity contribution in [2.45, 2.75) is 25.8 Å². The first-order chi connectivity index (χ1) is 10.0. The Kier molecular flexibility index (Phi) is 5.07. The SMILES string of the molecule is CCOC(=O)c1cc(N2CCCC(N(C)C)C2)ccc1N. The minimum absolute atomic E-state index is 0.349. The van der Waals surface area contributed by atoms with Crippen molar-refractivity contribution in [1.82, 2.24) is 4.90 Å². The molecule has 1 saturated heterocycles. The van der Waals surface area contributed by atoms with Crippen LogP contribution in [-0.4, -0.2) is 50.7 Å². The number of rotatable bonds is 4. The van der Waals surface area contributed by atoms with Gasteiger partial charge in [0.25, 0.3) is 0 Å². The van der Waals surface area contributed by atoms with Gasteiger partial charge in [0.05, 0.1) is 12.2 Å². The molecule has 1 heterocycles. The molecule has 2 rings (SSSR count). The second-order valence-electron chi connectivity index (χ2n) is 5.70. The smallest absolute Gasteiger partial charge is 0.340 e. The molecule has 21 heavy (non-hydrogen) atoms. The molecule has 0 spiro atoms. The Hall–Kier alpha value is -1.75. The molecule has 5 heteroatoms. The van der Waals surface area contributed by atoms with Gasteiger partial charge in [-0.15, -0.1) is 0 Å². The number of carbonyl (C=O) groups is 1. The number of piperidine rings is 1. The van der Waals surface area contributed by atoms with Crippen LogP contribution in [0.5, 0.6) is 0 Å². The maximum atomic E-state index is 11.9. The summed E-state index contributed by atoms with van der Waals surface area (Å²) in [6.45, 7) is 4.13. The molecular weight excluding hydrogens is 266 g/mol. The average molecular weight is 291 g/mol. The van der Waals surface area contributed by atoms with E-state index < -0.39 is 0 Å². The normalized spacial score (nSPS) is 18.9. The summed E-state index contributed by atoms with van der Waals surface area (Å²) in [6, 6.07) is 6.17. The monoisotopic (exact) mass is 291 g/mol. The first-order valence-electron chi connectivity index (χ1n) is 7.51. The number of anilines is 2. The van der Waals surface area contributed by atoms with Crippen LogP contribution < -0.4 is 10.6 Å². The topological polar surface area (TPSA) is 58.8 Å². The maximum Gasteiger partial charge on any atom is 0.340 e. The van der Waals surface area contributed by atoms with Crippen molar-refractivity contribution in [3.05, 3.63) is 23.8 Å². The van der Waals surface area contributed by atoms with E-state index in [-0.39, 0.29) is 5.97 Å². The van der Waals surface area contributed by atoms with Crippen LogP contribution in [0.1, 0.15) is 30.1 Å². The van der Waals surface area contributed by atoms with Crippen molar-refractivity contribution in [3.8, 4) is 0 Å². The van der Waals surface area contributed by atoms with Gasteiger partial charge >= 0.3 is 5.97 Å². The summed E-state index contributed by atoms with van der Waals surface area (Å²) in [7, 11) is 4.22. The minimum atomic E-state index is -0.349. The molecular formula is C16H25N3O2. The van der Waals surface area contributed by atoms with Gasteiger partial charge in [-0.1, -0.05) is 0 Å². The van der Waals surface area contributed by atoms with Gasteiger partial charge in [-0.05, 0) is 52.1 Å². The van der Waals surface area contributed by atoms with Crippen LogP contribution in [0.2, 0.25) is 0 Å². The van der Waals surface area contributed by atoms with Gasteiger partial charge in [0, 0.05) is 30.5 Å². The molecule has 1 atom stereocenters. The number of hydrogen-bond acceptors (Lipinski definition) is 5. The summed E-state index contributed by atoms with van der Waals surface area (Å²) in [6.07, 6.45) is 2.37. The molecule has 1 aliphatic rings. The Morgan fingerprint density at radius 1 is 1.48 bits per heavy atom. The molecule has 1 aromatic rings. The summed E-state index contributed by atoms with van der Waals surface area (Å²) in [5, 5.41) is 0. The molecule has 0 bridgehead atoms. The predicted octanol–water partition coefficient (Wildman–Crippen LogP) is 1.98. The summed E-state index contributed by atoms with van der Waals surface area (Å²) < 4.78 is 5.06. The van der Waals surface area contributed by atoms with Gasteiger partial charge in [-0.25, -0.2) is 4.79 Å². The molecule has 0 aromatic heterocycles. The lowest BCUT2D eigenvalue weighted by Crippen LogP contribution is -2.45. The molecule has 1 aromatic carbocycles. The predicted molar refractivity (Wildman–Crippen MR) is 85.7 cm³/mol. The highest BCUT2D eigenvalue weighted by Crippen LogP contribution is 2.25. The van der Waals surface area contributed by atoms with E-state index in [1.54, 1.807) is 13.0 Å². The van der Waals surface area contributed by atoms with Crippen molar-refractivity contribution in [2.75, 3.05) is 44.4 Å². The number of hydrogen-bond donors (Lipinski definition) is 1. The molecule has 1 aliphatic heterocycles. The average Bonchev–Trinajstić information content (AvgIpc) is 2.48. The summed E-state index contributed by atoms with van der Waals surface area (Å²) in [5.74, 6) is -0.349. The van der Waals surface area contributed by atoms with Crippen molar-refractivity contribution in [2.24, 2.45) is 0 Å². The molecule has 0 amide bonds. The van der Waals surface area contributed by atoms with Gasteiger partial charge in [-0.2, -0.15) is 0 Å². The van der Waals surface area contributed by atoms with Gasteiger partial charge in [-0.3, -0.25) is 0 Å². The van der Waals surface area contributed by atoms with Crippen LogP contribution in [-0.2, 0) is 4.74 Å². The fourth-order valence-corrected chi connectivity index (χ4v) is 2.74. The second kappa shape index (κ2) is 6.80. The van der Waals surface area contributed by atoms with E-state index in [4.69, 9.17) is 10.5 Å². The zero-order chi connectivity index (χ0) is 15.4.